The first-order chi connectivity index (χ1) is 11.6. The molecule has 1 aromatic carbocycles. The van der Waals surface area contributed by atoms with Crippen LogP contribution in [0, 0.1) is 0 Å². The number of aliphatic imine (C=N–C) groups is 1. The van der Waals surface area contributed by atoms with Gasteiger partial charge in [-0.25, -0.2) is 4.98 Å². The van der Waals surface area contributed by atoms with Gasteiger partial charge in [-0.15, -0.1) is 0 Å². The van der Waals surface area contributed by atoms with E-state index in [1.165, 1.54) is 0 Å². The first-order valence-corrected chi connectivity index (χ1v) is 7.50. The van der Waals surface area contributed by atoms with Crippen molar-refractivity contribution in [2.75, 3.05) is 30.3 Å². The third kappa shape index (κ3) is 3.92. The molecule has 0 saturated heterocycles. The van der Waals surface area contributed by atoms with Gasteiger partial charge in [0, 0.05) is 35.1 Å². The number of hydrogen-bond acceptors (Lipinski definition) is 6. The van der Waals surface area contributed by atoms with Gasteiger partial charge in [-0.1, -0.05) is 25.3 Å². The highest BCUT2D eigenvalue weighted by molar-refractivity contribution is 5.99. The van der Waals surface area contributed by atoms with Gasteiger partial charge in [0.05, 0.1) is 12.2 Å². The van der Waals surface area contributed by atoms with Crippen LogP contribution in [0.2, 0.25) is 0 Å². The van der Waals surface area contributed by atoms with Crippen molar-refractivity contribution in [2.24, 2.45) is 4.99 Å². The van der Waals surface area contributed by atoms with Crippen LogP contribution in [0.5, 0.6) is 0 Å². The van der Waals surface area contributed by atoms with E-state index in [9.17, 15) is 0 Å². The zero-order valence-corrected chi connectivity index (χ0v) is 13.5. The Morgan fingerprint density at radius 3 is 2.29 bits per heavy atom. The molecular formula is C18H22N6. The molecule has 6 nitrogen and oxygen atoms in total. The Morgan fingerprint density at radius 2 is 1.75 bits per heavy atom. The molecule has 0 aliphatic carbocycles. The van der Waals surface area contributed by atoms with Gasteiger partial charge in [0.1, 0.15) is 11.7 Å². The van der Waals surface area contributed by atoms with Crippen LogP contribution in [-0.4, -0.2) is 23.9 Å². The largest absolute Gasteiger partial charge is 0.399 e. The number of hydrogen-bond donors (Lipinski definition) is 4. The fourth-order valence-corrected chi connectivity index (χ4v) is 2.19. The summed E-state index contributed by atoms with van der Waals surface area (Å²) in [5.74, 6) is 1.31. The molecule has 0 fully saturated rings. The van der Waals surface area contributed by atoms with E-state index in [1.54, 1.807) is 18.3 Å². The van der Waals surface area contributed by atoms with Gasteiger partial charge in [0.2, 0.25) is 0 Å². The summed E-state index contributed by atoms with van der Waals surface area (Å²) in [4.78, 5) is 8.19. The first kappa shape index (κ1) is 17.1. The summed E-state index contributed by atoms with van der Waals surface area (Å²) in [6, 6.07) is 7.73. The summed E-state index contributed by atoms with van der Waals surface area (Å²) in [5, 5.41) is 3.20. The van der Waals surface area contributed by atoms with Crippen molar-refractivity contribution < 1.29 is 0 Å². The van der Waals surface area contributed by atoms with Crippen molar-refractivity contribution in [3.63, 3.8) is 0 Å². The number of pyridine rings is 1. The van der Waals surface area contributed by atoms with Gasteiger partial charge in [0.25, 0.3) is 0 Å². The molecule has 1 aromatic heterocycles. The second-order valence-corrected chi connectivity index (χ2v) is 5.11. The molecule has 0 amide bonds. The number of nitrogens with one attached hydrogen (secondary N) is 1. The molecule has 0 spiro atoms. The Kier molecular flexibility index (Phi) is 5.57. The number of nitrogen functional groups attached to an aromatic ring is 3. The molecule has 3 rings (SSSR count). The lowest BCUT2D eigenvalue weighted by atomic mass is 10.1. The van der Waals surface area contributed by atoms with Crippen LogP contribution in [-0.2, 0) is 0 Å². The number of amidine groups is 1. The lowest BCUT2D eigenvalue weighted by molar-refractivity contribution is 0.960. The van der Waals surface area contributed by atoms with Gasteiger partial charge in [-0.3, -0.25) is 4.99 Å². The fourth-order valence-electron chi connectivity index (χ4n) is 2.19. The Labute approximate surface area is 141 Å². The predicted octanol–water partition coefficient (Wildman–Crippen LogP) is 2.15. The molecule has 0 atom stereocenters. The highest BCUT2D eigenvalue weighted by atomic mass is 15.1. The molecule has 6 heteroatoms. The zero-order chi connectivity index (χ0) is 17.5. The SMILES string of the molecule is C=Cc1cnc(N)c(N)c1C=C.Nc1ccc(C2=NCCN2)cc1. The minimum absolute atomic E-state index is 0.329. The summed E-state index contributed by atoms with van der Waals surface area (Å²) in [6.07, 6.45) is 4.93. The van der Waals surface area contributed by atoms with Crippen molar-refractivity contribution in [3.05, 3.63) is 60.3 Å². The maximum Gasteiger partial charge on any atom is 0.147 e. The van der Waals surface area contributed by atoms with Crippen molar-refractivity contribution >= 4 is 35.2 Å². The van der Waals surface area contributed by atoms with Crippen LogP contribution >= 0.6 is 0 Å². The Balaban J connectivity index is 0.000000174. The van der Waals surface area contributed by atoms with E-state index in [-0.39, 0.29) is 0 Å². The number of rotatable bonds is 3. The van der Waals surface area contributed by atoms with Crippen molar-refractivity contribution in [2.45, 2.75) is 0 Å². The highest BCUT2D eigenvalue weighted by Crippen LogP contribution is 2.22. The normalized spacial score (nSPS) is 12.4. The monoisotopic (exact) mass is 322 g/mol. The van der Waals surface area contributed by atoms with E-state index in [2.05, 4.69) is 28.5 Å². The van der Waals surface area contributed by atoms with Gasteiger partial charge in [0.15, 0.2) is 0 Å². The maximum absolute atomic E-state index is 5.66. The zero-order valence-electron chi connectivity index (χ0n) is 13.5. The van der Waals surface area contributed by atoms with E-state index in [0.717, 1.165) is 41.3 Å². The second kappa shape index (κ2) is 7.82. The summed E-state index contributed by atoms with van der Waals surface area (Å²) < 4.78 is 0. The third-order valence-electron chi connectivity index (χ3n) is 3.50. The molecule has 2 aromatic rings. The summed E-state index contributed by atoms with van der Waals surface area (Å²) in [7, 11) is 0. The molecule has 24 heavy (non-hydrogen) atoms. The molecular weight excluding hydrogens is 300 g/mol. The minimum Gasteiger partial charge on any atom is -0.399 e. The molecule has 0 radical (unpaired) electrons. The smallest absolute Gasteiger partial charge is 0.147 e. The molecule has 0 bridgehead atoms. The van der Waals surface area contributed by atoms with Crippen molar-refractivity contribution in [1.82, 2.24) is 10.3 Å². The van der Waals surface area contributed by atoms with E-state index < -0.39 is 0 Å². The van der Waals surface area contributed by atoms with E-state index >= 15 is 0 Å². The molecule has 1 aliphatic rings. The minimum atomic E-state index is 0.329. The number of anilines is 3. The third-order valence-corrected chi connectivity index (χ3v) is 3.50. The lowest BCUT2D eigenvalue weighted by Gasteiger charge is -2.06. The van der Waals surface area contributed by atoms with E-state index in [4.69, 9.17) is 17.2 Å². The quantitative estimate of drug-likeness (QED) is 0.646. The van der Waals surface area contributed by atoms with Crippen LogP contribution in [0.3, 0.4) is 0 Å². The Morgan fingerprint density at radius 1 is 1.04 bits per heavy atom. The summed E-state index contributed by atoms with van der Waals surface area (Å²) >= 11 is 0. The topological polar surface area (TPSA) is 115 Å². The van der Waals surface area contributed by atoms with Crippen molar-refractivity contribution in [1.29, 1.82) is 0 Å². The highest BCUT2D eigenvalue weighted by Gasteiger charge is 2.06. The number of nitrogens with zero attached hydrogens (tertiary/aromatic N) is 2. The van der Waals surface area contributed by atoms with E-state index in [0.29, 0.717) is 11.5 Å². The maximum atomic E-state index is 5.66. The average molecular weight is 322 g/mol. The average Bonchev–Trinajstić information content (AvgIpc) is 3.13. The fraction of sp³-hybridized carbons (Fsp3) is 0.111. The Bertz CT molecular complexity index is 762. The van der Waals surface area contributed by atoms with E-state index in [1.807, 2.05) is 24.3 Å². The number of nitrogens with two attached hydrogens (primary N) is 3. The van der Waals surface area contributed by atoms with Crippen LogP contribution in [0.1, 0.15) is 16.7 Å². The predicted molar refractivity (Wildman–Crippen MR) is 104 cm³/mol. The van der Waals surface area contributed by atoms with Gasteiger partial charge < -0.3 is 22.5 Å². The molecule has 7 N–H and O–H groups in total. The van der Waals surface area contributed by atoms with Crippen LogP contribution < -0.4 is 22.5 Å². The van der Waals surface area contributed by atoms with Gasteiger partial charge in [-0.05, 0) is 24.3 Å². The molecule has 0 saturated carbocycles. The number of benzene rings is 1. The van der Waals surface area contributed by atoms with Crippen LogP contribution in [0.25, 0.3) is 12.2 Å². The van der Waals surface area contributed by atoms with Crippen LogP contribution in [0.4, 0.5) is 17.2 Å². The molecule has 0 unspecified atom stereocenters. The van der Waals surface area contributed by atoms with Crippen LogP contribution in [0.15, 0.2) is 48.6 Å². The number of aromatic nitrogens is 1. The van der Waals surface area contributed by atoms with Gasteiger partial charge in [-0.2, -0.15) is 0 Å². The standard InChI is InChI=1S/2C9H11N3/c10-8-3-1-7(2-4-8)9-11-5-6-12-9;1-3-6-5-12-9(11)8(10)7(6)4-2/h1-4H,5-6,10H2,(H,11,12);3-5H,1-2,10H2,(H2,11,12). The Hall–Kier alpha value is -3.28. The lowest BCUT2D eigenvalue weighted by Crippen LogP contribution is -2.19. The van der Waals surface area contributed by atoms with Gasteiger partial charge >= 0.3 is 0 Å². The second-order valence-electron chi connectivity index (χ2n) is 5.11. The molecule has 1 aliphatic heterocycles. The molecule has 124 valence electrons. The van der Waals surface area contributed by atoms with Crippen molar-refractivity contribution in [3.8, 4) is 0 Å². The summed E-state index contributed by atoms with van der Waals surface area (Å²) in [6.45, 7) is 9.08. The molecule has 2 heterocycles. The summed E-state index contributed by atoms with van der Waals surface area (Å²) in [5.41, 5.74) is 20.7. The first-order valence-electron chi connectivity index (χ1n) is 7.50.